The van der Waals surface area contributed by atoms with Gasteiger partial charge in [-0.2, -0.15) is 0 Å². The van der Waals surface area contributed by atoms with E-state index >= 15 is 0 Å². The van der Waals surface area contributed by atoms with Gasteiger partial charge in [-0.1, -0.05) is 13.8 Å². The quantitative estimate of drug-likeness (QED) is 0.726. The first-order valence-electron chi connectivity index (χ1n) is 9.71. The molecule has 2 aromatic rings. The summed E-state index contributed by atoms with van der Waals surface area (Å²) in [6.07, 6.45) is 7.67. The number of hydrogen-bond acceptors (Lipinski definition) is 2. The number of rotatable bonds is 5. The van der Waals surface area contributed by atoms with E-state index in [0.29, 0.717) is 30.3 Å². The SMILES string of the molecule is CC(C)Cn1ccc2cc(NC(=O)CC3CC4CCC(C3)N4)ccc21.Cl.Cl. The molecule has 1 amide bonds. The van der Waals surface area contributed by atoms with Crippen LogP contribution in [0.25, 0.3) is 10.9 Å². The predicted octanol–water partition coefficient (Wildman–Crippen LogP) is 5.00. The van der Waals surface area contributed by atoms with Crippen LogP contribution >= 0.6 is 24.8 Å². The van der Waals surface area contributed by atoms with Crippen molar-refractivity contribution in [2.24, 2.45) is 11.8 Å². The van der Waals surface area contributed by atoms with Crippen LogP contribution in [0, 0.1) is 11.8 Å². The van der Waals surface area contributed by atoms with Gasteiger partial charge in [0.25, 0.3) is 0 Å². The number of nitrogens with one attached hydrogen (secondary N) is 2. The highest BCUT2D eigenvalue weighted by Gasteiger charge is 2.34. The first-order valence-corrected chi connectivity index (χ1v) is 9.71. The summed E-state index contributed by atoms with van der Waals surface area (Å²) < 4.78 is 2.29. The van der Waals surface area contributed by atoms with Gasteiger partial charge in [0.1, 0.15) is 0 Å². The third-order valence-corrected chi connectivity index (χ3v) is 5.66. The highest BCUT2D eigenvalue weighted by Crippen LogP contribution is 2.33. The van der Waals surface area contributed by atoms with Crippen molar-refractivity contribution < 1.29 is 4.79 Å². The molecule has 4 nitrogen and oxygen atoms in total. The van der Waals surface area contributed by atoms with Gasteiger partial charge in [0.05, 0.1) is 0 Å². The Balaban J connectivity index is 0.00000131. The molecule has 0 aliphatic carbocycles. The lowest BCUT2D eigenvalue weighted by Gasteiger charge is -2.28. The van der Waals surface area contributed by atoms with E-state index < -0.39 is 0 Å². The van der Waals surface area contributed by atoms with Gasteiger partial charge in [0.2, 0.25) is 5.91 Å². The van der Waals surface area contributed by atoms with E-state index in [4.69, 9.17) is 0 Å². The maximum absolute atomic E-state index is 12.5. The molecule has 150 valence electrons. The van der Waals surface area contributed by atoms with Gasteiger partial charge in [-0.05, 0) is 61.8 Å². The van der Waals surface area contributed by atoms with Gasteiger partial charge in [0, 0.05) is 47.8 Å². The molecule has 2 aliphatic rings. The van der Waals surface area contributed by atoms with Crippen LogP contribution in [0.3, 0.4) is 0 Å². The van der Waals surface area contributed by atoms with E-state index in [1.165, 1.54) is 23.7 Å². The molecule has 2 fully saturated rings. The highest BCUT2D eigenvalue weighted by atomic mass is 35.5. The van der Waals surface area contributed by atoms with Gasteiger partial charge >= 0.3 is 0 Å². The van der Waals surface area contributed by atoms with E-state index in [-0.39, 0.29) is 30.7 Å². The molecular formula is C21H31Cl2N3O. The number of piperidine rings is 1. The summed E-state index contributed by atoms with van der Waals surface area (Å²) in [5.74, 6) is 1.32. The van der Waals surface area contributed by atoms with Gasteiger partial charge < -0.3 is 15.2 Å². The molecule has 4 rings (SSSR count). The average Bonchev–Trinajstić information content (AvgIpc) is 3.10. The molecule has 0 spiro atoms. The molecule has 2 N–H and O–H groups in total. The molecule has 6 heteroatoms. The number of benzene rings is 1. The minimum atomic E-state index is 0. The van der Waals surface area contributed by atoms with Crippen molar-refractivity contribution >= 4 is 47.3 Å². The van der Waals surface area contributed by atoms with Crippen molar-refractivity contribution in [1.29, 1.82) is 0 Å². The number of anilines is 1. The average molecular weight is 412 g/mol. The summed E-state index contributed by atoms with van der Waals surface area (Å²) in [6.45, 7) is 5.48. The topological polar surface area (TPSA) is 46.1 Å². The number of nitrogens with zero attached hydrogens (tertiary/aromatic N) is 1. The highest BCUT2D eigenvalue weighted by molar-refractivity contribution is 5.94. The van der Waals surface area contributed by atoms with Crippen LogP contribution in [0.2, 0.25) is 0 Å². The van der Waals surface area contributed by atoms with Crippen molar-refractivity contribution in [2.75, 3.05) is 5.32 Å². The second kappa shape index (κ2) is 9.31. The fraction of sp³-hybridized carbons (Fsp3) is 0.571. The maximum Gasteiger partial charge on any atom is 0.224 e. The van der Waals surface area contributed by atoms with Crippen molar-refractivity contribution in [3.63, 3.8) is 0 Å². The Labute approximate surface area is 174 Å². The Morgan fingerprint density at radius 2 is 1.89 bits per heavy atom. The zero-order valence-corrected chi connectivity index (χ0v) is 17.7. The Kier molecular flexibility index (Phi) is 7.61. The molecule has 2 unspecified atom stereocenters. The van der Waals surface area contributed by atoms with Gasteiger partial charge in [-0.15, -0.1) is 24.8 Å². The molecule has 0 saturated carbocycles. The molecular weight excluding hydrogens is 381 g/mol. The van der Waals surface area contributed by atoms with E-state index in [1.807, 2.05) is 6.07 Å². The maximum atomic E-state index is 12.5. The van der Waals surface area contributed by atoms with Gasteiger partial charge in [-0.3, -0.25) is 4.79 Å². The minimum absolute atomic E-state index is 0. The van der Waals surface area contributed by atoms with Crippen LogP contribution in [0.4, 0.5) is 5.69 Å². The summed E-state index contributed by atoms with van der Waals surface area (Å²) in [4.78, 5) is 12.5. The molecule has 1 aromatic carbocycles. The fourth-order valence-corrected chi connectivity index (χ4v) is 4.65. The Hall–Kier alpha value is -1.23. The van der Waals surface area contributed by atoms with Crippen molar-refractivity contribution in [1.82, 2.24) is 9.88 Å². The molecule has 2 atom stereocenters. The third kappa shape index (κ3) is 5.18. The fourth-order valence-electron chi connectivity index (χ4n) is 4.65. The lowest BCUT2D eigenvalue weighted by atomic mass is 9.89. The molecule has 0 radical (unpaired) electrons. The second-order valence-corrected chi connectivity index (χ2v) is 8.36. The molecule has 3 heterocycles. The number of halogens is 2. The van der Waals surface area contributed by atoms with Gasteiger partial charge in [0.15, 0.2) is 0 Å². The first kappa shape index (κ1) is 22.1. The second-order valence-electron chi connectivity index (χ2n) is 8.36. The van der Waals surface area contributed by atoms with Crippen LogP contribution in [0.15, 0.2) is 30.5 Å². The zero-order valence-electron chi connectivity index (χ0n) is 16.1. The summed E-state index contributed by atoms with van der Waals surface area (Å²) in [6, 6.07) is 9.68. The predicted molar refractivity (Wildman–Crippen MR) is 117 cm³/mol. The van der Waals surface area contributed by atoms with Crippen LogP contribution in [-0.2, 0) is 11.3 Å². The van der Waals surface area contributed by atoms with E-state index in [0.717, 1.165) is 25.1 Å². The van der Waals surface area contributed by atoms with Gasteiger partial charge in [-0.25, -0.2) is 0 Å². The summed E-state index contributed by atoms with van der Waals surface area (Å²) in [7, 11) is 0. The lowest BCUT2D eigenvalue weighted by molar-refractivity contribution is -0.117. The van der Waals surface area contributed by atoms with Crippen molar-refractivity contribution in [3.8, 4) is 0 Å². The Morgan fingerprint density at radius 1 is 1.19 bits per heavy atom. The number of carbonyl (C=O) groups excluding carboxylic acids is 1. The number of fused-ring (bicyclic) bond motifs is 3. The summed E-state index contributed by atoms with van der Waals surface area (Å²) in [5.41, 5.74) is 2.15. The monoisotopic (exact) mass is 411 g/mol. The lowest BCUT2D eigenvalue weighted by Crippen LogP contribution is -2.39. The number of amides is 1. The zero-order chi connectivity index (χ0) is 17.4. The normalized spacial score (nSPS) is 23.7. The van der Waals surface area contributed by atoms with Crippen LogP contribution < -0.4 is 10.6 Å². The Bertz CT molecular complexity index is 762. The largest absolute Gasteiger partial charge is 0.347 e. The molecule has 2 bridgehead atoms. The van der Waals surface area contributed by atoms with Crippen LogP contribution in [0.1, 0.15) is 46.0 Å². The molecule has 2 saturated heterocycles. The molecule has 27 heavy (non-hydrogen) atoms. The minimum Gasteiger partial charge on any atom is -0.347 e. The number of aromatic nitrogens is 1. The van der Waals surface area contributed by atoms with Crippen molar-refractivity contribution in [2.45, 2.75) is 64.6 Å². The van der Waals surface area contributed by atoms with E-state index in [2.05, 4.69) is 53.4 Å². The van der Waals surface area contributed by atoms with E-state index in [9.17, 15) is 4.79 Å². The van der Waals surface area contributed by atoms with E-state index in [1.54, 1.807) is 0 Å². The number of hydrogen-bond donors (Lipinski definition) is 2. The van der Waals surface area contributed by atoms with Crippen LogP contribution in [-0.4, -0.2) is 22.6 Å². The van der Waals surface area contributed by atoms with Crippen molar-refractivity contribution in [3.05, 3.63) is 30.5 Å². The van der Waals surface area contributed by atoms with Crippen LogP contribution in [0.5, 0.6) is 0 Å². The Morgan fingerprint density at radius 3 is 2.56 bits per heavy atom. The first-order chi connectivity index (χ1) is 12.1. The summed E-state index contributed by atoms with van der Waals surface area (Å²) >= 11 is 0. The smallest absolute Gasteiger partial charge is 0.224 e. The summed E-state index contributed by atoms with van der Waals surface area (Å²) in [5, 5.41) is 7.95. The molecule has 1 aromatic heterocycles. The molecule has 2 aliphatic heterocycles. The third-order valence-electron chi connectivity index (χ3n) is 5.66. The number of carbonyl (C=O) groups is 1. The standard InChI is InChI=1S/C21H29N3O.2ClH/c1-14(2)13-24-8-7-16-12-19(5-6-20(16)24)23-21(25)11-15-9-17-3-4-18(10-15)22-17;;/h5-8,12,14-15,17-18,22H,3-4,9-11,13H2,1-2H3,(H,23,25);2*1H.